The average Bonchev–Trinajstić information content (AvgIpc) is 2.76. The van der Waals surface area contributed by atoms with Gasteiger partial charge in [0.2, 0.25) is 0 Å². The Labute approximate surface area is 102 Å². The molecule has 0 aromatic heterocycles. The lowest BCUT2D eigenvalue weighted by Crippen LogP contribution is -2.17. The summed E-state index contributed by atoms with van der Waals surface area (Å²) in [5.74, 6) is -0.239. The molecule has 1 aliphatic heterocycles. The molecule has 0 atom stereocenters. The fourth-order valence-electron chi connectivity index (χ4n) is 1.78. The second-order valence-electron chi connectivity index (χ2n) is 3.93. The molecule has 0 radical (unpaired) electrons. The van der Waals surface area contributed by atoms with Gasteiger partial charge in [0.05, 0.1) is 6.61 Å². The second-order valence-corrected chi connectivity index (χ2v) is 3.93. The van der Waals surface area contributed by atoms with Crippen molar-refractivity contribution >= 4 is 5.69 Å². The van der Waals surface area contributed by atoms with E-state index in [0.717, 1.165) is 24.2 Å². The molecule has 3 nitrogen and oxygen atoms in total. The molecule has 0 unspecified atom stereocenters. The number of anilines is 1. The fourth-order valence-corrected chi connectivity index (χ4v) is 1.78. The summed E-state index contributed by atoms with van der Waals surface area (Å²) in [5.41, 5.74) is 1.68. The third-order valence-corrected chi connectivity index (χ3v) is 2.62. The van der Waals surface area contributed by atoms with Crippen molar-refractivity contribution in [2.45, 2.75) is 12.8 Å². The van der Waals surface area contributed by atoms with Crippen molar-refractivity contribution in [1.29, 1.82) is 0 Å². The van der Waals surface area contributed by atoms with Gasteiger partial charge < -0.3 is 14.7 Å². The van der Waals surface area contributed by atoms with Crippen molar-refractivity contribution in [1.82, 2.24) is 0 Å². The zero-order chi connectivity index (χ0) is 13.2. The van der Waals surface area contributed by atoms with E-state index in [4.69, 9.17) is 5.11 Å². The summed E-state index contributed by atoms with van der Waals surface area (Å²) < 4.78 is 39.7. The van der Waals surface area contributed by atoms with Crippen LogP contribution in [0, 0.1) is 0 Å². The number of aliphatic hydroxyl groups is 1. The summed E-state index contributed by atoms with van der Waals surface area (Å²) in [4.78, 5) is 1.88. The highest BCUT2D eigenvalue weighted by atomic mass is 19.4. The predicted molar refractivity (Wildman–Crippen MR) is 60.3 cm³/mol. The molecular formula is C12H12F3NO2. The quantitative estimate of drug-likeness (QED) is 0.905. The van der Waals surface area contributed by atoms with Crippen LogP contribution in [0.1, 0.15) is 6.42 Å². The molecule has 0 saturated carbocycles. The number of hydrogen-bond donors (Lipinski definition) is 1. The van der Waals surface area contributed by atoms with E-state index in [2.05, 4.69) is 4.74 Å². The SMILES string of the molecule is OCC1=CN(c2ccc(OC(F)(F)F)cc2)CC1. The molecule has 18 heavy (non-hydrogen) atoms. The summed E-state index contributed by atoms with van der Waals surface area (Å²) in [5, 5.41) is 8.96. The largest absolute Gasteiger partial charge is 0.573 e. The lowest BCUT2D eigenvalue weighted by Gasteiger charge is -2.16. The molecule has 1 N–H and O–H groups in total. The summed E-state index contributed by atoms with van der Waals surface area (Å²) in [6.07, 6.45) is -2.10. The van der Waals surface area contributed by atoms with E-state index in [9.17, 15) is 13.2 Å². The Bertz CT molecular complexity index is 440. The molecule has 0 amide bonds. The Morgan fingerprint density at radius 3 is 2.39 bits per heavy atom. The normalized spacial score (nSPS) is 15.8. The number of halogens is 3. The van der Waals surface area contributed by atoms with Gasteiger partial charge in [-0.1, -0.05) is 0 Å². The Morgan fingerprint density at radius 2 is 1.89 bits per heavy atom. The topological polar surface area (TPSA) is 32.7 Å². The number of alkyl halides is 3. The summed E-state index contributed by atoms with van der Waals surface area (Å²) >= 11 is 0. The van der Waals surface area contributed by atoms with Crippen LogP contribution >= 0.6 is 0 Å². The van der Waals surface area contributed by atoms with Crippen LogP contribution in [0.4, 0.5) is 18.9 Å². The first-order valence-electron chi connectivity index (χ1n) is 5.41. The Morgan fingerprint density at radius 1 is 1.22 bits per heavy atom. The average molecular weight is 259 g/mol. The van der Waals surface area contributed by atoms with E-state index >= 15 is 0 Å². The molecule has 0 saturated heterocycles. The van der Waals surface area contributed by atoms with Crippen LogP contribution in [-0.2, 0) is 0 Å². The molecule has 0 spiro atoms. The molecule has 1 aromatic rings. The van der Waals surface area contributed by atoms with Crippen molar-refractivity contribution < 1.29 is 23.0 Å². The fraction of sp³-hybridized carbons (Fsp3) is 0.333. The number of hydrogen-bond acceptors (Lipinski definition) is 3. The molecule has 98 valence electrons. The molecule has 1 heterocycles. The Kier molecular flexibility index (Phi) is 3.47. The van der Waals surface area contributed by atoms with E-state index in [1.54, 1.807) is 18.3 Å². The first-order chi connectivity index (χ1) is 8.48. The van der Waals surface area contributed by atoms with Gasteiger partial charge in [0.25, 0.3) is 0 Å². The van der Waals surface area contributed by atoms with E-state index < -0.39 is 6.36 Å². The maximum atomic E-state index is 12.0. The van der Waals surface area contributed by atoms with Gasteiger partial charge in [-0.15, -0.1) is 13.2 Å². The van der Waals surface area contributed by atoms with Gasteiger partial charge in [0, 0.05) is 18.4 Å². The first-order valence-corrected chi connectivity index (χ1v) is 5.41. The van der Waals surface area contributed by atoms with Crippen LogP contribution in [0.2, 0.25) is 0 Å². The van der Waals surface area contributed by atoms with E-state index in [1.165, 1.54) is 12.1 Å². The minimum Gasteiger partial charge on any atom is -0.406 e. The van der Waals surface area contributed by atoms with Crippen molar-refractivity contribution in [3.63, 3.8) is 0 Å². The number of nitrogens with zero attached hydrogens (tertiary/aromatic N) is 1. The van der Waals surface area contributed by atoms with Crippen molar-refractivity contribution in [3.8, 4) is 5.75 Å². The molecule has 6 heteroatoms. The summed E-state index contributed by atoms with van der Waals surface area (Å²) in [6.45, 7) is 0.723. The number of rotatable bonds is 3. The summed E-state index contributed by atoms with van der Waals surface area (Å²) in [6, 6.07) is 5.65. The van der Waals surface area contributed by atoms with E-state index in [-0.39, 0.29) is 12.4 Å². The van der Waals surface area contributed by atoms with Gasteiger partial charge in [0.15, 0.2) is 0 Å². The highest BCUT2D eigenvalue weighted by molar-refractivity contribution is 5.53. The lowest BCUT2D eigenvalue weighted by atomic mass is 10.2. The first kappa shape index (κ1) is 12.8. The highest BCUT2D eigenvalue weighted by Gasteiger charge is 2.31. The van der Waals surface area contributed by atoms with Crippen LogP contribution in [0.15, 0.2) is 36.0 Å². The number of aliphatic hydroxyl groups excluding tert-OH is 1. The number of benzene rings is 1. The van der Waals surface area contributed by atoms with Crippen molar-refractivity contribution in [3.05, 3.63) is 36.0 Å². The standard InChI is InChI=1S/C12H12F3NO2/c13-12(14,15)18-11-3-1-10(2-4-11)16-6-5-9(7-16)8-17/h1-4,7,17H,5-6,8H2. The molecule has 0 fully saturated rings. The molecule has 2 rings (SSSR count). The van der Waals surface area contributed by atoms with E-state index in [0.29, 0.717) is 0 Å². The lowest BCUT2D eigenvalue weighted by molar-refractivity contribution is -0.274. The summed E-state index contributed by atoms with van der Waals surface area (Å²) in [7, 11) is 0. The molecule has 0 aliphatic carbocycles. The van der Waals surface area contributed by atoms with Crippen molar-refractivity contribution in [2.24, 2.45) is 0 Å². The van der Waals surface area contributed by atoms with E-state index in [1.807, 2.05) is 4.90 Å². The van der Waals surface area contributed by atoms with Gasteiger partial charge >= 0.3 is 6.36 Å². The Hall–Kier alpha value is -1.69. The van der Waals surface area contributed by atoms with Crippen LogP contribution in [0.5, 0.6) is 5.75 Å². The molecular weight excluding hydrogens is 247 g/mol. The maximum Gasteiger partial charge on any atom is 0.573 e. The number of ether oxygens (including phenoxy) is 1. The van der Waals surface area contributed by atoms with Gasteiger partial charge in [-0.25, -0.2) is 0 Å². The molecule has 0 bridgehead atoms. The third-order valence-electron chi connectivity index (χ3n) is 2.62. The van der Waals surface area contributed by atoms with Crippen molar-refractivity contribution in [2.75, 3.05) is 18.1 Å². The molecule has 1 aromatic carbocycles. The minimum absolute atomic E-state index is 0.00572. The van der Waals surface area contributed by atoms with Gasteiger partial charge in [-0.2, -0.15) is 0 Å². The van der Waals surface area contributed by atoms with Gasteiger partial charge in [0.1, 0.15) is 5.75 Å². The third kappa shape index (κ3) is 3.16. The van der Waals surface area contributed by atoms with Gasteiger partial charge in [-0.05, 0) is 36.3 Å². The Balaban J connectivity index is 2.07. The smallest absolute Gasteiger partial charge is 0.406 e. The van der Waals surface area contributed by atoms with Crippen LogP contribution in [0.25, 0.3) is 0 Å². The maximum absolute atomic E-state index is 12.0. The highest BCUT2D eigenvalue weighted by Crippen LogP contribution is 2.27. The predicted octanol–water partition coefficient (Wildman–Crippen LogP) is 2.67. The minimum atomic E-state index is -4.67. The zero-order valence-electron chi connectivity index (χ0n) is 9.44. The second kappa shape index (κ2) is 4.89. The molecule has 1 aliphatic rings. The van der Waals surface area contributed by atoms with Crippen LogP contribution < -0.4 is 9.64 Å². The zero-order valence-corrected chi connectivity index (χ0v) is 9.44. The van der Waals surface area contributed by atoms with Crippen LogP contribution in [-0.4, -0.2) is 24.6 Å². The van der Waals surface area contributed by atoms with Gasteiger partial charge in [-0.3, -0.25) is 0 Å². The van der Waals surface area contributed by atoms with Crippen LogP contribution in [0.3, 0.4) is 0 Å². The monoisotopic (exact) mass is 259 g/mol.